The maximum atomic E-state index is 5.97. The molecule has 25 heavy (non-hydrogen) atoms. The van der Waals surface area contributed by atoms with Crippen molar-refractivity contribution in [2.45, 2.75) is 13.5 Å². The summed E-state index contributed by atoms with van der Waals surface area (Å²) in [6.07, 6.45) is 1.67. The monoisotopic (exact) mass is 352 g/mol. The molecule has 0 radical (unpaired) electrons. The van der Waals surface area contributed by atoms with Crippen LogP contribution >= 0.6 is 11.6 Å². The quantitative estimate of drug-likeness (QED) is 0.715. The number of benzene rings is 2. The van der Waals surface area contributed by atoms with E-state index in [-0.39, 0.29) is 0 Å². The van der Waals surface area contributed by atoms with Gasteiger partial charge in [0.1, 0.15) is 12.1 Å². The zero-order valence-corrected chi connectivity index (χ0v) is 15.1. The van der Waals surface area contributed by atoms with Gasteiger partial charge >= 0.3 is 0 Å². The largest absolute Gasteiger partial charge is 0.353 e. The van der Waals surface area contributed by atoms with Crippen LogP contribution in [-0.4, -0.2) is 41.0 Å². The number of hydrogen-bond donors (Lipinski definition) is 0. The van der Waals surface area contributed by atoms with Crippen molar-refractivity contribution in [3.63, 3.8) is 0 Å². The molecule has 0 bridgehead atoms. The molecular formula is C20H21ClN4. The molecular weight excluding hydrogens is 332 g/mol. The third-order valence-corrected chi connectivity index (χ3v) is 5.01. The van der Waals surface area contributed by atoms with Gasteiger partial charge in [0.2, 0.25) is 0 Å². The van der Waals surface area contributed by atoms with Crippen molar-refractivity contribution >= 4 is 28.3 Å². The van der Waals surface area contributed by atoms with Gasteiger partial charge in [-0.1, -0.05) is 35.4 Å². The molecule has 4 nitrogen and oxygen atoms in total. The highest BCUT2D eigenvalue weighted by atomic mass is 35.5. The molecule has 3 aromatic rings. The van der Waals surface area contributed by atoms with Gasteiger partial charge in [-0.05, 0) is 36.8 Å². The van der Waals surface area contributed by atoms with Gasteiger partial charge in [-0.3, -0.25) is 4.90 Å². The number of piperazine rings is 1. The van der Waals surface area contributed by atoms with Crippen LogP contribution in [-0.2, 0) is 6.54 Å². The minimum absolute atomic E-state index is 0.791. The zero-order valence-electron chi connectivity index (χ0n) is 14.3. The molecule has 2 heterocycles. The van der Waals surface area contributed by atoms with E-state index in [2.05, 4.69) is 57.0 Å². The summed E-state index contributed by atoms with van der Waals surface area (Å²) < 4.78 is 0. The van der Waals surface area contributed by atoms with Crippen molar-refractivity contribution in [1.82, 2.24) is 14.9 Å². The van der Waals surface area contributed by atoms with Crippen molar-refractivity contribution in [1.29, 1.82) is 0 Å². The summed E-state index contributed by atoms with van der Waals surface area (Å²) in [4.78, 5) is 13.8. The lowest BCUT2D eigenvalue weighted by Crippen LogP contribution is -2.46. The van der Waals surface area contributed by atoms with Crippen molar-refractivity contribution in [3.8, 4) is 0 Å². The average Bonchev–Trinajstić information content (AvgIpc) is 2.64. The van der Waals surface area contributed by atoms with Crippen molar-refractivity contribution in [2.24, 2.45) is 0 Å². The van der Waals surface area contributed by atoms with Gasteiger partial charge in [0.05, 0.1) is 5.52 Å². The summed E-state index contributed by atoms with van der Waals surface area (Å²) >= 11 is 5.97. The Kier molecular flexibility index (Phi) is 4.55. The standard InChI is InChI=1S/C20H21ClN4/c1-15-2-7-19-18(12-15)20(23-14-22-19)25-10-8-24(9-11-25)13-16-3-5-17(21)6-4-16/h2-7,12,14H,8-11,13H2,1H3. The molecule has 0 aliphatic carbocycles. The highest BCUT2D eigenvalue weighted by Gasteiger charge is 2.20. The van der Waals surface area contributed by atoms with E-state index in [1.54, 1.807) is 6.33 Å². The summed E-state index contributed by atoms with van der Waals surface area (Å²) in [5, 5.41) is 1.94. The number of hydrogen-bond acceptors (Lipinski definition) is 4. The third kappa shape index (κ3) is 3.60. The molecule has 4 rings (SSSR count). The second-order valence-electron chi connectivity index (χ2n) is 6.61. The molecule has 1 saturated heterocycles. The molecule has 1 aliphatic heterocycles. The van der Waals surface area contributed by atoms with Gasteiger partial charge in [-0.25, -0.2) is 9.97 Å². The molecule has 0 amide bonds. The van der Waals surface area contributed by atoms with Crippen molar-refractivity contribution < 1.29 is 0 Å². The number of fused-ring (bicyclic) bond motifs is 1. The maximum Gasteiger partial charge on any atom is 0.139 e. The van der Waals surface area contributed by atoms with Gasteiger partial charge in [-0.2, -0.15) is 0 Å². The predicted octanol–water partition coefficient (Wildman–Crippen LogP) is 3.91. The normalized spacial score (nSPS) is 15.7. The van der Waals surface area contributed by atoms with Crippen LogP contribution in [0, 0.1) is 6.92 Å². The van der Waals surface area contributed by atoms with E-state index in [4.69, 9.17) is 11.6 Å². The highest BCUT2D eigenvalue weighted by molar-refractivity contribution is 6.30. The fourth-order valence-corrected chi connectivity index (χ4v) is 3.50. The summed E-state index contributed by atoms with van der Waals surface area (Å²) in [5.74, 6) is 1.06. The predicted molar refractivity (Wildman–Crippen MR) is 103 cm³/mol. The Morgan fingerprint density at radius 1 is 0.960 bits per heavy atom. The van der Waals surface area contributed by atoms with Crippen molar-refractivity contribution in [2.75, 3.05) is 31.1 Å². The molecule has 5 heteroatoms. The van der Waals surface area contributed by atoms with Crippen LogP contribution in [0.25, 0.3) is 10.9 Å². The van der Waals surface area contributed by atoms with Crippen molar-refractivity contribution in [3.05, 3.63) is 64.9 Å². The van der Waals surface area contributed by atoms with E-state index >= 15 is 0 Å². The molecule has 0 N–H and O–H groups in total. The maximum absolute atomic E-state index is 5.97. The molecule has 0 atom stereocenters. The molecule has 0 saturated carbocycles. The van der Waals surface area contributed by atoms with Gasteiger partial charge in [0, 0.05) is 43.1 Å². The summed E-state index contributed by atoms with van der Waals surface area (Å²) in [7, 11) is 0. The van der Waals surface area contributed by atoms with Crippen LogP contribution in [0.1, 0.15) is 11.1 Å². The molecule has 1 fully saturated rings. The lowest BCUT2D eigenvalue weighted by Gasteiger charge is -2.35. The lowest BCUT2D eigenvalue weighted by molar-refractivity contribution is 0.249. The third-order valence-electron chi connectivity index (χ3n) is 4.76. The topological polar surface area (TPSA) is 32.3 Å². The van der Waals surface area contributed by atoms with E-state index in [0.29, 0.717) is 0 Å². The van der Waals surface area contributed by atoms with Gasteiger partial charge in [-0.15, -0.1) is 0 Å². The fourth-order valence-electron chi connectivity index (χ4n) is 3.37. The minimum Gasteiger partial charge on any atom is -0.353 e. The first kappa shape index (κ1) is 16.3. The second-order valence-corrected chi connectivity index (χ2v) is 7.04. The Labute approximate surface area is 153 Å². The molecule has 0 spiro atoms. The Hall–Kier alpha value is -2.17. The Morgan fingerprint density at radius 2 is 1.72 bits per heavy atom. The van der Waals surface area contributed by atoms with Crippen LogP contribution < -0.4 is 4.90 Å². The van der Waals surface area contributed by atoms with E-state index in [1.165, 1.54) is 11.1 Å². The number of halogens is 1. The molecule has 2 aromatic carbocycles. The number of rotatable bonds is 3. The summed E-state index contributed by atoms with van der Waals surface area (Å²) in [6.45, 7) is 7.09. The molecule has 1 aromatic heterocycles. The van der Waals surface area contributed by atoms with Gasteiger partial charge in [0.15, 0.2) is 0 Å². The van der Waals surface area contributed by atoms with E-state index < -0.39 is 0 Å². The first-order valence-electron chi connectivity index (χ1n) is 8.62. The fraction of sp³-hybridized carbons (Fsp3) is 0.300. The first-order valence-corrected chi connectivity index (χ1v) is 9.00. The van der Waals surface area contributed by atoms with Gasteiger partial charge < -0.3 is 4.90 Å². The smallest absolute Gasteiger partial charge is 0.139 e. The lowest BCUT2D eigenvalue weighted by atomic mass is 10.1. The number of anilines is 1. The number of aromatic nitrogens is 2. The molecule has 0 unspecified atom stereocenters. The van der Waals surface area contributed by atoms with Crippen LogP contribution in [0.5, 0.6) is 0 Å². The van der Waals surface area contributed by atoms with E-state index in [9.17, 15) is 0 Å². The summed E-state index contributed by atoms with van der Waals surface area (Å²) in [5.41, 5.74) is 3.56. The molecule has 128 valence electrons. The zero-order chi connectivity index (χ0) is 17.2. The second kappa shape index (κ2) is 6.98. The Balaban J connectivity index is 1.47. The Morgan fingerprint density at radius 3 is 2.48 bits per heavy atom. The molecule has 1 aliphatic rings. The summed E-state index contributed by atoms with van der Waals surface area (Å²) in [6, 6.07) is 14.5. The van der Waals surface area contributed by atoms with Gasteiger partial charge in [0.25, 0.3) is 0 Å². The van der Waals surface area contributed by atoms with Crippen LogP contribution in [0.2, 0.25) is 5.02 Å². The highest BCUT2D eigenvalue weighted by Crippen LogP contribution is 2.25. The van der Waals surface area contributed by atoms with E-state index in [1.807, 2.05) is 12.1 Å². The SMILES string of the molecule is Cc1ccc2ncnc(N3CCN(Cc4ccc(Cl)cc4)CC3)c2c1. The van der Waals surface area contributed by atoms with E-state index in [0.717, 1.165) is 54.5 Å². The Bertz CT molecular complexity index is 871. The van der Waals surface area contributed by atoms with Crippen LogP contribution in [0.4, 0.5) is 5.82 Å². The minimum atomic E-state index is 0.791. The van der Waals surface area contributed by atoms with Crippen LogP contribution in [0.3, 0.4) is 0 Å². The number of aryl methyl sites for hydroxylation is 1. The van der Waals surface area contributed by atoms with Crippen LogP contribution in [0.15, 0.2) is 48.8 Å². The first-order chi connectivity index (χ1) is 12.2. The average molecular weight is 353 g/mol. The number of nitrogens with zero attached hydrogens (tertiary/aromatic N) is 4.